The Balaban J connectivity index is 1.39. The molecule has 0 saturated carbocycles. The van der Waals surface area contributed by atoms with Crippen molar-refractivity contribution in [3.8, 4) is 5.75 Å². The monoisotopic (exact) mass is 416 g/mol. The van der Waals surface area contributed by atoms with Crippen LogP contribution in [0.25, 0.3) is 6.08 Å². The number of carbonyl (C=O) groups excluding carboxylic acids is 2. The predicted molar refractivity (Wildman–Crippen MR) is 113 cm³/mol. The van der Waals surface area contributed by atoms with Gasteiger partial charge in [-0.05, 0) is 42.7 Å². The van der Waals surface area contributed by atoms with E-state index in [1.807, 2.05) is 12.1 Å². The summed E-state index contributed by atoms with van der Waals surface area (Å²) in [5, 5.41) is 12.1. The SMILES string of the molecule is O=C(CCCN1C(=O)/C(=C/c2ccco2)SC1=S)NCCc1ccc(O)cc1. The van der Waals surface area contributed by atoms with E-state index in [2.05, 4.69) is 5.32 Å². The van der Waals surface area contributed by atoms with E-state index in [9.17, 15) is 14.7 Å². The van der Waals surface area contributed by atoms with Crippen molar-refractivity contribution in [2.45, 2.75) is 19.3 Å². The molecular weight excluding hydrogens is 396 g/mol. The number of thiocarbonyl (C=S) groups is 1. The maximum atomic E-state index is 12.5. The number of hydrogen-bond donors (Lipinski definition) is 2. The molecule has 2 aromatic rings. The molecule has 2 amide bonds. The largest absolute Gasteiger partial charge is 0.508 e. The maximum Gasteiger partial charge on any atom is 0.266 e. The molecule has 0 unspecified atom stereocenters. The molecule has 28 heavy (non-hydrogen) atoms. The Kier molecular flexibility index (Phi) is 6.89. The van der Waals surface area contributed by atoms with Crippen molar-refractivity contribution >= 4 is 46.2 Å². The second-order valence-corrected chi connectivity index (χ2v) is 7.89. The number of nitrogens with zero attached hydrogens (tertiary/aromatic N) is 1. The minimum atomic E-state index is -0.154. The highest BCUT2D eigenvalue weighted by molar-refractivity contribution is 8.26. The molecule has 1 aromatic carbocycles. The Hall–Kier alpha value is -2.58. The molecule has 1 aliphatic rings. The molecule has 1 aromatic heterocycles. The molecule has 1 fully saturated rings. The van der Waals surface area contributed by atoms with Crippen molar-refractivity contribution in [1.82, 2.24) is 10.2 Å². The first kappa shape index (κ1) is 20.2. The highest BCUT2D eigenvalue weighted by Gasteiger charge is 2.31. The average molecular weight is 417 g/mol. The van der Waals surface area contributed by atoms with Gasteiger partial charge in [0.05, 0.1) is 11.2 Å². The number of phenolic OH excluding ortho intramolecular Hbond substituents is 1. The molecule has 0 radical (unpaired) electrons. The van der Waals surface area contributed by atoms with Crippen LogP contribution in [0.3, 0.4) is 0 Å². The fraction of sp³-hybridized carbons (Fsp3) is 0.250. The van der Waals surface area contributed by atoms with Gasteiger partial charge in [-0.1, -0.05) is 36.1 Å². The van der Waals surface area contributed by atoms with Crippen LogP contribution >= 0.6 is 24.0 Å². The maximum absolute atomic E-state index is 12.5. The molecule has 146 valence electrons. The molecule has 0 atom stereocenters. The number of carbonyl (C=O) groups is 2. The van der Waals surface area contributed by atoms with Crippen molar-refractivity contribution in [3.05, 3.63) is 58.9 Å². The van der Waals surface area contributed by atoms with Crippen LogP contribution in [0.1, 0.15) is 24.2 Å². The highest BCUT2D eigenvalue weighted by atomic mass is 32.2. The number of rotatable bonds is 8. The van der Waals surface area contributed by atoms with E-state index < -0.39 is 0 Å². The Bertz CT molecular complexity index is 876. The zero-order chi connectivity index (χ0) is 19.9. The number of thioether (sulfide) groups is 1. The number of phenols is 1. The van der Waals surface area contributed by atoms with Gasteiger partial charge in [0.2, 0.25) is 5.91 Å². The quantitative estimate of drug-likeness (QED) is 0.507. The minimum Gasteiger partial charge on any atom is -0.508 e. The third-order valence-electron chi connectivity index (χ3n) is 4.15. The van der Waals surface area contributed by atoms with E-state index in [1.54, 1.807) is 36.6 Å². The highest BCUT2D eigenvalue weighted by Crippen LogP contribution is 2.32. The van der Waals surface area contributed by atoms with Gasteiger partial charge in [-0.25, -0.2) is 0 Å². The van der Waals surface area contributed by atoms with E-state index in [0.29, 0.717) is 47.3 Å². The summed E-state index contributed by atoms with van der Waals surface area (Å²) in [7, 11) is 0. The van der Waals surface area contributed by atoms with Crippen LogP contribution < -0.4 is 5.32 Å². The van der Waals surface area contributed by atoms with Crippen molar-refractivity contribution in [2.24, 2.45) is 0 Å². The molecule has 0 aliphatic carbocycles. The van der Waals surface area contributed by atoms with Gasteiger partial charge in [-0.3, -0.25) is 14.5 Å². The number of furan rings is 1. The summed E-state index contributed by atoms with van der Waals surface area (Å²) in [4.78, 5) is 26.5. The molecule has 0 spiro atoms. The Labute approximate surface area is 172 Å². The summed E-state index contributed by atoms with van der Waals surface area (Å²) in [6.07, 6.45) is 4.77. The van der Waals surface area contributed by atoms with E-state index in [0.717, 1.165) is 5.56 Å². The molecular formula is C20H20N2O4S2. The molecule has 3 rings (SSSR count). The number of benzene rings is 1. The van der Waals surface area contributed by atoms with E-state index in [1.165, 1.54) is 16.7 Å². The van der Waals surface area contributed by atoms with Gasteiger partial charge in [0.25, 0.3) is 5.91 Å². The Morgan fingerprint density at radius 1 is 1.29 bits per heavy atom. The predicted octanol–water partition coefficient (Wildman–Crippen LogP) is 3.33. The average Bonchev–Trinajstić information content (AvgIpc) is 3.27. The first-order valence-electron chi connectivity index (χ1n) is 8.86. The van der Waals surface area contributed by atoms with Gasteiger partial charge >= 0.3 is 0 Å². The van der Waals surface area contributed by atoms with E-state index >= 15 is 0 Å². The van der Waals surface area contributed by atoms with E-state index in [4.69, 9.17) is 16.6 Å². The summed E-state index contributed by atoms with van der Waals surface area (Å²) in [5.41, 5.74) is 1.04. The summed E-state index contributed by atoms with van der Waals surface area (Å²) in [6.45, 7) is 0.933. The first-order valence-corrected chi connectivity index (χ1v) is 10.1. The Morgan fingerprint density at radius 2 is 2.07 bits per heavy atom. The zero-order valence-electron chi connectivity index (χ0n) is 15.1. The van der Waals surface area contributed by atoms with Gasteiger partial charge in [0.15, 0.2) is 0 Å². The lowest BCUT2D eigenvalue weighted by molar-refractivity contribution is -0.123. The van der Waals surface area contributed by atoms with Gasteiger partial charge < -0.3 is 14.8 Å². The van der Waals surface area contributed by atoms with Crippen LogP contribution in [0.15, 0.2) is 52.0 Å². The van der Waals surface area contributed by atoms with Crippen LogP contribution in [0, 0.1) is 0 Å². The third kappa shape index (κ3) is 5.46. The molecule has 8 heteroatoms. The molecule has 1 saturated heterocycles. The third-order valence-corrected chi connectivity index (χ3v) is 5.53. The second-order valence-electron chi connectivity index (χ2n) is 6.22. The molecule has 2 heterocycles. The summed E-state index contributed by atoms with van der Waals surface area (Å²) >= 11 is 6.52. The van der Waals surface area contributed by atoms with Crippen LogP contribution in [0.4, 0.5) is 0 Å². The van der Waals surface area contributed by atoms with Crippen LogP contribution in [-0.2, 0) is 16.0 Å². The van der Waals surface area contributed by atoms with E-state index in [-0.39, 0.29) is 17.6 Å². The summed E-state index contributed by atoms with van der Waals surface area (Å²) in [5.74, 6) is 0.616. The lowest BCUT2D eigenvalue weighted by Gasteiger charge is -2.14. The molecule has 6 nitrogen and oxygen atoms in total. The van der Waals surface area contributed by atoms with Crippen molar-refractivity contribution < 1.29 is 19.1 Å². The van der Waals surface area contributed by atoms with Crippen LogP contribution in [-0.4, -0.2) is 39.2 Å². The van der Waals surface area contributed by atoms with Gasteiger partial charge in [-0.2, -0.15) is 0 Å². The lowest BCUT2D eigenvalue weighted by Crippen LogP contribution is -2.31. The first-order chi connectivity index (χ1) is 13.5. The lowest BCUT2D eigenvalue weighted by atomic mass is 10.1. The smallest absolute Gasteiger partial charge is 0.266 e. The normalized spacial score (nSPS) is 15.4. The fourth-order valence-corrected chi connectivity index (χ4v) is 3.98. The van der Waals surface area contributed by atoms with Crippen molar-refractivity contribution in [1.29, 1.82) is 0 Å². The number of hydrogen-bond acceptors (Lipinski definition) is 6. The van der Waals surface area contributed by atoms with Gasteiger partial charge in [0, 0.05) is 25.6 Å². The van der Waals surface area contributed by atoms with Crippen molar-refractivity contribution in [3.63, 3.8) is 0 Å². The molecule has 2 N–H and O–H groups in total. The van der Waals surface area contributed by atoms with Crippen LogP contribution in [0.5, 0.6) is 5.75 Å². The second kappa shape index (κ2) is 9.57. The fourth-order valence-electron chi connectivity index (χ4n) is 2.69. The number of aromatic hydroxyl groups is 1. The Morgan fingerprint density at radius 3 is 2.79 bits per heavy atom. The number of nitrogens with one attached hydrogen (secondary N) is 1. The molecule has 1 aliphatic heterocycles. The number of amides is 2. The summed E-state index contributed by atoms with van der Waals surface area (Å²) in [6, 6.07) is 10.4. The summed E-state index contributed by atoms with van der Waals surface area (Å²) < 4.78 is 5.73. The van der Waals surface area contributed by atoms with Crippen LogP contribution in [0.2, 0.25) is 0 Å². The van der Waals surface area contributed by atoms with Gasteiger partial charge in [0.1, 0.15) is 15.8 Å². The standard InChI is InChI=1S/C20H20N2O4S2/c23-15-7-5-14(6-8-15)9-10-21-18(24)4-1-11-22-19(25)17(28-20(22)27)13-16-3-2-12-26-16/h2-3,5-8,12-13,23H,1,4,9-11H2,(H,21,24)/b17-13-. The zero-order valence-corrected chi connectivity index (χ0v) is 16.7. The van der Waals surface area contributed by atoms with Gasteiger partial charge in [-0.15, -0.1) is 0 Å². The molecule has 0 bridgehead atoms. The topological polar surface area (TPSA) is 82.8 Å². The van der Waals surface area contributed by atoms with Crippen molar-refractivity contribution in [2.75, 3.05) is 13.1 Å². The minimum absolute atomic E-state index is 0.0599.